The normalized spacial score (nSPS) is 11.4. The molecule has 0 radical (unpaired) electrons. The molecule has 0 saturated carbocycles. The average Bonchev–Trinajstić information content (AvgIpc) is 3.22. The average molecular weight is 487 g/mol. The minimum absolute atomic E-state index is 0.0169. The Morgan fingerprint density at radius 3 is 2.50 bits per heavy atom. The number of sulfonamides is 1. The Balaban J connectivity index is 1.50. The van der Waals surface area contributed by atoms with Gasteiger partial charge < -0.3 is 10.1 Å². The van der Waals surface area contributed by atoms with E-state index in [1.165, 1.54) is 53.7 Å². The first kappa shape index (κ1) is 22.2. The van der Waals surface area contributed by atoms with Crippen molar-refractivity contribution in [1.29, 1.82) is 0 Å². The minimum atomic E-state index is -3.78. The number of thiophene rings is 1. The standard InChI is InChI=1S/C21H18N4O4S3/c1-29-15-6-2-13(3-7-15)17-10-30-20-19(17)21(24-12-23-20)31-11-18(26)25-14-4-8-16(9-5-14)32(22,27)28/h2-10,12H,11H2,1H3,(H,25,26)(H2,22,27,28). The van der Waals surface area contributed by atoms with E-state index in [4.69, 9.17) is 9.88 Å². The third-order valence-corrected chi connectivity index (χ3v) is 7.35. The highest BCUT2D eigenvalue weighted by molar-refractivity contribution is 8.00. The lowest BCUT2D eigenvalue weighted by molar-refractivity contribution is -0.113. The second-order valence-electron chi connectivity index (χ2n) is 6.64. The molecule has 1 amide bonds. The van der Waals surface area contributed by atoms with Crippen LogP contribution < -0.4 is 15.2 Å². The molecule has 2 heterocycles. The molecule has 0 saturated heterocycles. The Bertz CT molecular complexity index is 1370. The number of ether oxygens (including phenoxy) is 1. The smallest absolute Gasteiger partial charge is 0.238 e. The van der Waals surface area contributed by atoms with E-state index in [-0.39, 0.29) is 16.6 Å². The van der Waals surface area contributed by atoms with Gasteiger partial charge in [-0.25, -0.2) is 23.5 Å². The molecule has 8 nitrogen and oxygen atoms in total. The first-order valence-electron chi connectivity index (χ1n) is 9.27. The number of thioether (sulfide) groups is 1. The largest absolute Gasteiger partial charge is 0.497 e. The number of fused-ring (bicyclic) bond motifs is 1. The van der Waals surface area contributed by atoms with Gasteiger partial charge in [0.15, 0.2) is 0 Å². The van der Waals surface area contributed by atoms with Gasteiger partial charge >= 0.3 is 0 Å². The van der Waals surface area contributed by atoms with Crippen LogP contribution in [0.3, 0.4) is 0 Å². The minimum Gasteiger partial charge on any atom is -0.497 e. The van der Waals surface area contributed by atoms with Crippen molar-refractivity contribution in [2.24, 2.45) is 5.14 Å². The molecule has 0 aliphatic heterocycles. The number of rotatable bonds is 7. The summed E-state index contributed by atoms with van der Waals surface area (Å²) in [7, 11) is -2.16. The lowest BCUT2D eigenvalue weighted by Crippen LogP contribution is -2.15. The predicted molar refractivity (Wildman–Crippen MR) is 127 cm³/mol. The van der Waals surface area contributed by atoms with Gasteiger partial charge in [0.25, 0.3) is 0 Å². The lowest BCUT2D eigenvalue weighted by atomic mass is 10.1. The van der Waals surface area contributed by atoms with E-state index >= 15 is 0 Å². The number of carbonyl (C=O) groups excluding carboxylic acids is 1. The number of methoxy groups -OCH3 is 1. The number of nitrogens with two attached hydrogens (primary N) is 1. The van der Waals surface area contributed by atoms with Crippen molar-refractivity contribution >= 4 is 54.9 Å². The van der Waals surface area contributed by atoms with E-state index in [2.05, 4.69) is 15.3 Å². The van der Waals surface area contributed by atoms with Crippen LogP contribution in [0.2, 0.25) is 0 Å². The number of aromatic nitrogens is 2. The first-order valence-corrected chi connectivity index (χ1v) is 12.7. The number of anilines is 1. The van der Waals surface area contributed by atoms with E-state index in [1.807, 2.05) is 29.6 Å². The second-order valence-corrected chi connectivity index (χ2v) is 10.0. The van der Waals surface area contributed by atoms with Crippen molar-refractivity contribution in [1.82, 2.24) is 9.97 Å². The molecular formula is C21H18N4O4S3. The highest BCUT2D eigenvalue weighted by atomic mass is 32.2. The van der Waals surface area contributed by atoms with Gasteiger partial charge in [0, 0.05) is 16.6 Å². The number of nitrogens with zero attached hydrogens (tertiary/aromatic N) is 2. The maximum Gasteiger partial charge on any atom is 0.238 e. The van der Waals surface area contributed by atoms with Crippen LogP contribution in [0, 0.1) is 0 Å². The molecule has 3 N–H and O–H groups in total. The van der Waals surface area contributed by atoms with Crippen LogP contribution in [-0.2, 0) is 14.8 Å². The quantitative estimate of drug-likeness (QED) is 0.301. The number of benzene rings is 2. The Hall–Kier alpha value is -2.99. The molecule has 11 heteroatoms. The van der Waals surface area contributed by atoms with Crippen molar-refractivity contribution in [2.45, 2.75) is 9.92 Å². The Labute approximate surface area is 192 Å². The number of carbonyl (C=O) groups is 1. The molecule has 4 rings (SSSR count). The number of hydrogen-bond acceptors (Lipinski definition) is 8. The molecule has 0 aliphatic rings. The van der Waals surface area contributed by atoms with Crippen LogP contribution in [0.4, 0.5) is 5.69 Å². The molecule has 32 heavy (non-hydrogen) atoms. The monoisotopic (exact) mass is 486 g/mol. The van der Waals surface area contributed by atoms with Gasteiger partial charge in [-0.05, 0) is 42.0 Å². The molecular weight excluding hydrogens is 468 g/mol. The fourth-order valence-electron chi connectivity index (χ4n) is 3.00. The van der Waals surface area contributed by atoms with Crippen LogP contribution >= 0.6 is 23.1 Å². The van der Waals surface area contributed by atoms with E-state index in [9.17, 15) is 13.2 Å². The maximum atomic E-state index is 12.4. The fraction of sp³-hybridized carbons (Fsp3) is 0.0952. The van der Waals surface area contributed by atoms with Gasteiger partial charge in [-0.2, -0.15) is 0 Å². The zero-order chi connectivity index (χ0) is 22.7. The van der Waals surface area contributed by atoms with Crippen LogP contribution in [0.25, 0.3) is 21.3 Å². The van der Waals surface area contributed by atoms with Gasteiger partial charge in [0.2, 0.25) is 15.9 Å². The zero-order valence-corrected chi connectivity index (χ0v) is 19.3. The van der Waals surface area contributed by atoms with Crippen molar-refractivity contribution in [2.75, 3.05) is 18.2 Å². The van der Waals surface area contributed by atoms with E-state index in [0.29, 0.717) is 10.7 Å². The Morgan fingerprint density at radius 1 is 1.12 bits per heavy atom. The van der Waals surface area contributed by atoms with Gasteiger partial charge in [0.05, 0.1) is 23.1 Å². The molecule has 0 spiro atoms. The third kappa shape index (κ3) is 4.91. The highest BCUT2D eigenvalue weighted by Gasteiger charge is 2.15. The van der Waals surface area contributed by atoms with E-state index in [0.717, 1.165) is 27.1 Å². The summed E-state index contributed by atoms with van der Waals surface area (Å²) >= 11 is 2.83. The molecule has 4 aromatic rings. The number of amides is 1. The van der Waals surface area contributed by atoms with Crippen LogP contribution in [-0.4, -0.2) is 37.2 Å². The SMILES string of the molecule is COc1ccc(-c2csc3ncnc(SCC(=O)Nc4ccc(S(N)(=O)=O)cc4)c23)cc1. The summed E-state index contributed by atoms with van der Waals surface area (Å²) in [4.78, 5) is 22.0. The van der Waals surface area contributed by atoms with Crippen molar-refractivity contribution < 1.29 is 17.9 Å². The predicted octanol–water partition coefficient (Wildman–Crippen LogP) is 3.75. The summed E-state index contributed by atoms with van der Waals surface area (Å²) in [6.45, 7) is 0. The number of hydrogen-bond donors (Lipinski definition) is 2. The number of primary sulfonamides is 1. The molecule has 0 aliphatic carbocycles. The fourth-order valence-corrected chi connectivity index (χ4v) is 5.31. The molecule has 0 fully saturated rings. The summed E-state index contributed by atoms with van der Waals surface area (Å²) in [5.41, 5.74) is 2.48. The zero-order valence-electron chi connectivity index (χ0n) is 16.8. The van der Waals surface area contributed by atoms with E-state index < -0.39 is 10.0 Å². The first-order chi connectivity index (χ1) is 15.3. The number of nitrogens with one attached hydrogen (secondary N) is 1. The summed E-state index contributed by atoms with van der Waals surface area (Å²) in [5.74, 6) is 0.653. The van der Waals surface area contributed by atoms with Crippen molar-refractivity contribution in [3.8, 4) is 16.9 Å². The van der Waals surface area contributed by atoms with Crippen LogP contribution in [0.5, 0.6) is 5.75 Å². The second kappa shape index (κ2) is 9.25. The lowest BCUT2D eigenvalue weighted by Gasteiger charge is -2.08. The molecule has 2 aromatic carbocycles. The summed E-state index contributed by atoms with van der Waals surface area (Å²) in [6.07, 6.45) is 1.49. The summed E-state index contributed by atoms with van der Waals surface area (Å²) in [5, 5.41) is 11.5. The van der Waals surface area contributed by atoms with Crippen LogP contribution in [0.15, 0.2) is 70.2 Å². The van der Waals surface area contributed by atoms with Gasteiger partial charge in [-0.1, -0.05) is 23.9 Å². The van der Waals surface area contributed by atoms with Gasteiger partial charge in [0.1, 0.15) is 21.9 Å². The van der Waals surface area contributed by atoms with Crippen molar-refractivity contribution in [3.05, 3.63) is 60.2 Å². The van der Waals surface area contributed by atoms with Gasteiger partial charge in [-0.3, -0.25) is 4.79 Å². The summed E-state index contributed by atoms with van der Waals surface area (Å²) in [6, 6.07) is 13.4. The molecule has 164 valence electrons. The van der Waals surface area contributed by atoms with Gasteiger partial charge in [-0.15, -0.1) is 11.3 Å². The Morgan fingerprint density at radius 2 is 1.84 bits per heavy atom. The molecule has 2 aromatic heterocycles. The van der Waals surface area contributed by atoms with Crippen molar-refractivity contribution in [3.63, 3.8) is 0 Å². The topological polar surface area (TPSA) is 124 Å². The maximum absolute atomic E-state index is 12.4. The van der Waals surface area contributed by atoms with Crippen LogP contribution in [0.1, 0.15) is 0 Å². The molecule has 0 bridgehead atoms. The molecule has 0 unspecified atom stereocenters. The Kier molecular flexibility index (Phi) is 6.42. The third-order valence-electron chi connectivity index (χ3n) is 4.54. The van der Waals surface area contributed by atoms with E-state index in [1.54, 1.807) is 7.11 Å². The molecule has 0 atom stereocenters. The highest BCUT2D eigenvalue weighted by Crippen LogP contribution is 2.38. The summed E-state index contributed by atoms with van der Waals surface area (Å²) < 4.78 is 27.9.